The number of nitrogens with zero attached hydrogens (tertiary/aromatic N) is 4. The highest BCUT2D eigenvalue weighted by atomic mass is 19.2. The van der Waals surface area contributed by atoms with E-state index < -0.39 is 11.6 Å². The van der Waals surface area contributed by atoms with Gasteiger partial charge in [-0.15, -0.1) is 0 Å². The Morgan fingerprint density at radius 3 is 2.31 bits per heavy atom. The summed E-state index contributed by atoms with van der Waals surface area (Å²) >= 11 is 0. The van der Waals surface area contributed by atoms with Crippen LogP contribution in [0.4, 0.5) is 14.5 Å². The molecular weight excluding hydrogens is 336 g/mol. The fourth-order valence-electron chi connectivity index (χ4n) is 3.92. The van der Waals surface area contributed by atoms with Gasteiger partial charge in [-0.05, 0) is 38.1 Å². The number of H-pyrrole nitrogens is 1. The Kier molecular flexibility index (Phi) is 5.17. The molecule has 7 heteroatoms. The normalized spacial score (nSPS) is 19.8. The molecule has 0 unspecified atom stereocenters. The minimum absolute atomic E-state index is 0.240. The van der Waals surface area contributed by atoms with Crippen molar-refractivity contribution in [2.24, 2.45) is 0 Å². The SMILES string of the molecule is Fc1c(-c2cn[nH]c2)ccc(N2CCN(CN3CCCCC3)CC2)c1F. The number of nitrogens with one attached hydrogen (secondary N) is 1. The van der Waals surface area contributed by atoms with Gasteiger partial charge in [0, 0.05) is 43.5 Å². The molecular formula is C19H25F2N5. The van der Waals surface area contributed by atoms with E-state index >= 15 is 0 Å². The summed E-state index contributed by atoms with van der Waals surface area (Å²) in [6.07, 6.45) is 6.97. The number of likely N-dealkylation sites (tertiary alicyclic amines) is 1. The van der Waals surface area contributed by atoms with Crippen LogP contribution in [0.3, 0.4) is 0 Å². The van der Waals surface area contributed by atoms with Crippen molar-refractivity contribution in [3.05, 3.63) is 36.2 Å². The highest BCUT2D eigenvalue weighted by Crippen LogP contribution is 2.30. The third-order valence-corrected chi connectivity index (χ3v) is 5.43. The van der Waals surface area contributed by atoms with Gasteiger partial charge in [0.25, 0.3) is 0 Å². The minimum Gasteiger partial charge on any atom is -0.367 e. The molecule has 26 heavy (non-hydrogen) atoms. The molecule has 1 aromatic heterocycles. The molecule has 2 aromatic rings. The topological polar surface area (TPSA) is 38.4 Å². The van der Waals surface area contributed by atoms with Gasteiger partial charge in [-0.3, -0.25) is 14.9 Å². The zero-order valence-corrected chi connectivity index (χ0v) is 14.9. The molecule has 1 N–H and O–H groups in total. The second-order valence-corrected chi connectivity index (χ2v) is 7.17. The number of benzene rings is 1. The third-order valence-electron chi connectivity index (χ3n) is 5.43. The van der Waals surface area contributed by atoms with Crippen molar-refractivity contribution in [2.75, 3.05) is 50.8 Å². The Bertz CT molecular complexity index is 720. The number of halogens is 2. The van der Waals surface area contributed by atoms with Gasteiger partial charge in [-0.1, -0.05) is 6.42 Å². The Balaban J connectivity index is 1.40. The molecule has 0 bridgehead atoms. The lowest BCUT2D eigenvalue weighted by Gasteiger charge is -2.39. The van der Waals surface area contributed by atoms with E-state index in [-0.39, 0.29) is 5.56 Å². The first-order valence-electron chi connectivity index (χ1n) is 9.39. The highest BCUT2D eigenvalue weighted by Gasteiger charge is 2.24. The maximum Gasteiger partial charge on any atom is 0.182 e. The molecule has 1 aromatic carbocycles. The Morgan fingerprint density at radius 1 is 0.885 bits per heavy atom. The summed E-state index contributed by atoms with van der Waals surface area (Å²) in [5.74, 6) is -1.58. The predicted molar refractivity (Wildman–Crippen MR) is 98.0 cm³/mol. The third kappa shape index (κ3) is 3.59. The fourth-order valence-corrected chi connectivity index (χ4v) is 3.92. The van der Waals surface area contributed by atoms with Crippen LogP contribution in [0.15, 0.2) is 24.5 Å². The maximum absolute atomic E-state index is 14.6. The van der Waals surface area contributed by atoms with Crippen molar-refractivity contribution < 1.29 is 8.78 Å². The maximum atomic E-state index is 14.6. The van der Waals surface area contributed by atoms with Gasteiger partial charge in [-0.2, -0.15) is 5.10 Å². The van der Waals surface area contributed by atoms with Gasteiger partial charge in [0.1, 0.15) is 0 Å². The Labute approximate surface area is 152 Å². The van der Waals surface area contributed by atoms with Crippen LogP contribution in [0.25, 0.3) is 11.1 Å². The molecule has 0 spiro atoms. The molecule has 0 saturated carbocycles. The number of rotatable bonds is 4. The van der Waals surface area contributed by atoms with Crippen molar-refractivity contribution >= 4 is 5.69 Å². The van der Waals surface area contributed by atoms with E-state index in [2.05, 4.69) is 20.0 Å². The van der Waals surface area contributed by atoms with E-state index in [1.807, 2.05) is 4.90 Å². The average Bonchev–Trinajstić information content (AvgIpc) is 3.20. The van der Waals surface area contributed by atoms with Crippen LogP contribution in [0.2, 0.25) is 0 Å². The van der Waals surface area contributed by atoms with Crippen LogP contribution < -0.4 is 4.90 Å². The van der Waals surface area contributed by atoms with E-state index in [4.69, 9.17) is 0 Å². The predicted octanol–water partition coefficient (Wildman–Crippen LogP) is 2.92. The second kappa shape index (κ2) is 7.72. The van der Waals surface area contributed by atoms with E-state index in [0.29, 0.717) is 11.3 Å². The lowest BCUT2D eigenvalue weighted by Crippen LogP contribution is -2.51. The molecule has 5 nitrogen and oxygen atoms in total. The molecule has 140 valence electrons. The Hall–Kier alpha value is -1.99. The summed E-state index contributed by atoms with van der Waals surface area (Å²) in [7, 11) is 0. The average molecular weight is 361 g/mol. The van der Waals surface area contributed by atoms with Crippen molar-refractivity contribution in [3.8, 4) is 11.1 Å². The van der Waals surface area contributed by atoms with Gasteiger partial charge < -0.3 is 4.90 Å². The van der Waals surface area contributed by atoms with Crippen LogP contribution in [-0.4, -0.2) is 65.9 Å². The molecule has 2 aliphatic heterocycles. The first-order valence-corrected chi connectivity index (χ1v) is 9.39. The smallest absolute Gasteiger partial charge is 0.182 e. The van der Waals surface area contributed by atoms with Crippen LogP contribution in [0.5, 0.6) is 0 Å². The number of piperidine rings is 1. The Morgan fingerprint density at radius 2 is 1.62 bits per heavy atom. The summed E-state index contributed by atoms with van der Waals surface area (Å²) in [4.78, 5) is 6.86. The summed E-state index contributed by atoms with van der Waals surface area (Å²) < 4.78 is 29.1. The lowest BCUT2D eigenvalue weighted by atomic mass is 10.1. The number of hydrogen-bond donors (Lipinski definition) is 1. The number of hydrogen-bond acceptors (Lipinski definition) is 4. The van der Waals surface area contributed by atoms with Gasteiger partial charge in [-0.25, -0.2) is 8.78 Å². The monoisotopic (exact) mass is 361 g/mol. The molecule has 0 amide bonds. The molecule has 0 radical (unpaired) electrons. The standard InChI is InChI=1S/C19H25F2N5/c20-18-16(15-12-22-23-13-15)4-5-17(19(18)21)26-10-8-25(9-11-26)14-24-6-2-1-3-7-24/h4-5,12-13H,1-3,6-11,14H2,(H,22,23). The molecule has 2 aliphatic rings. The highest BCUT2D eigenvalue weighted by molar-refractivity contribution is 5.66. The second-order valence-electron chi connectivity index (χ2n) is 7.17. The van der Waals surface area contributed by atoms with Crippen LogP contribution in [0.1, 0.15) is 19.3 Å². The van der Waals surface area contributed by atoms with Crippen molar-refractivity contribution in [1.82, 2.24) is 20.0 Å². The van der Waals surface area contributed by atoms with Crippen molar-refractivity contribution in [1.29, 1.82) is 0 Å². The first-order chi connectivity index (χ1) is 12.7. The van der Waals surface area contributed by atoms with Gasteiger partial charge in [0.05, 0.1) is 18.6 Å². The summed E-state index contributed by atoms with van der Waals surface area (Å²) in [5.41, 5.74) is 1.15. The summed E-state index contributed by atoms with van der Waals surface area (Å²) in [6.45, 7) is 6.53. The molecule has 0 aliphatic carbocycles. The zero-order chi connectivity index (χ0) is 17.9. The molecule has 4 rings (SSSR count). The number of piperazine rings is 1. The molecule has 2 saturated heterocycles. The van der Waals surface area contributed by atoms with Gasteiger partial charge >= 0.3 is 0 Å². The van der Waals surface area contributed by atoms with Crippen LogP contribution >= 0.6 is 0 Å². The molecule has 2 fully saturated rings. The molecule has 0 atom stereocenters. The van der Waals surface area contributed by atoms with Gasteiger partial charge in [0.2, 0.25) is 0 Å². The van der Waals surface area contributed by atoms with Crippen LogP contribution in [-0.2, 0) is 0 Å². The van der Waals surface area contributed by atoms with E-state index in [9.17, 15) is 8.78 Å². The lowest BCUT2D eigenvalue weighted by molar-refractivity contribution is 0.108. The summed E-state index contributed by atoms with van der Waals surface area (Å²) in [6, 6.07) is 3.32. The van der Waals surface area contributed by atoms with Crippen molar-refractivity contribution in [2.45, 2.75) is 19.3 Å². The van der Waals surface area contributed by atoms with Crippen LogP contribution in [0, 0.1) is 11.6 Å². The molecule has 3 heterocycles. The fraction of sp³-hybridized carbons (Fsp3) is 0.526. The zero-order valence-electron chi connectivity index (χ0n) is 14.9. The first kappa shape index (κ1) is 17.4. The minimum atomic E-state index is -0.806. The van der Waals surface area contributed by atoms with Gasteiger partial charge in [0.15, 0.2) is 11.6 Å². The number of aromatic nitrogens is 2. The quantitative estimate of drug-likeness (QED) is 0.909. The largest absolute Gasteiger partial charge is 0.367 e. The van der Waals surface area contributed by atoms with Crippen molar-refractivity contribution in [3.63, 3.8) is 0 Å². The van der Waals surface area contributed by atoms with E-state index in [1.165, 1.54) is 38.5 Å². The number of anilines is 1. The summed E-state index contributed by atoms with van der Waals surface area (Å²) in [5, 5.41) is 6.44. The van der Waals surface area contributed by atoms with E-state index in [0.717, 1.165) is 32.8 Å². The van der Waals surface area contributed by atoms with E-state index in [1.54, 1.807) is 18.3 Å². The number of aromatic amines is 1.